The highest BCUT2D eigenvalue weighted by molar-refractivity contribution is 7.92. The zero-order chi connectivity index (χ0) is 12.8. The fourth-order valence-corrected chi connectivity index (χ4v) is 4.26. The molecule has 0 bridgehead atoms. The Morgan fingerprint density at radius 3 is 1.94 bits per heavy atom. The van der Waals surface area contributed by atoms with Gasteiger partial charge < -0.3 is 4.74 Å². The highest BCUT2D eigenvalue weighted by Crippen LogP contribution is 2.28. The van der Waals surface area contributed by atoms with E-state index < -0.39 is 14.6 Å². The summed E-state index contributed by atoms with van der Waals surface area (Å²) in [5.41, 5.74) is 0. The monoisotopic (exact) mass is 250 g/mol. The third-order valence-corrected chi connectivity index (χ3v) is 6.19. The van der Waals surface area contributed by atoms with Gasteiger partial charge in [0, 0.05) is 6.61 Å². The summed E-state index contributed by atoms with van der Waals surface area (Å²) in [5, 5.41) is 0. The Hall–Kier alpha value is -0.0900. The maximum atomic E-state index is 12.4. The van der Waals surface area contributed by atoms with Gasteiger partial charge in [0.2, 0.25) is 0 Å². The van der Waals surface area contributed by atoms with Gasteiger partial charge in [-0.15, -0.1) is 0 Å². The van der Waals surface area contributed by atoms with Crippen molar-refractivity contribution in [2.75, 3.05) is 19.0 Å². The number of hydrogen-bond acceptors (Lipinski definition) is 3. The molecule has 0 N–H and O–H groups in total. The molecule has 0 aromatic carbocycles. The van der Waals surface area contributed by atoms with Gasteiger partial charge >= 0.3 is 0 Å². The van der Waals surface area contributed by atoms with Crippen LogP contribution in [0.2, 0.25) is 0 Å². The Morgan fingerprint density at radius 1 is 1.12 bits per heavy atom. The molecule has 0 radical (unpaired) electrons. The quantitative estimate of drug-likeness (QED) is 0.665. The number of ether oxygens (including phenoxy) is 1. The lowest BCUT2D eigenvalue weighted by molar-refractivity contribution is 0.116. The van der Waals surface area contributed by atoms with Crippen LogP contribution in [0.25, 0.3) is 0 Å². The van der Waals surface area contributed by atoms with Crippen LogP contribution in [0, 0.1) is 5.92 Å². The highest BCUT2D eigenvalue weighted by atomic mass is 32.2. The molecule has 0 aromatic heterocycles. The van der Waals surface area contributed by atoms with Crippen molar-refractivity contribution in [3.8, 4) is 0 Å². The molecule has 0 atom stereocenters. The molecule has 0 saturated carbocycles. The van der Waals surface area contributed by atoms with E-state index in [4.69, 9.17) is 4.74 Å². The van der Waals surface area contributed by atoms with Gasteiger partial charge in [0.05, 0.1) is 17.1 Å². The van der Waals surface area contributed by atoms with E-state index in [1.165, 1.54) is 0 Å². The third kappa shape index (κ3) is 3.74. The molecular weight excluding hydrogens is 224 g/mol. The fourth-order valence-electron chi connectivity index (χ4n) is 1.89. The second kappa shape index (κ2) is 6.60. The van der Waals surface area contributed by atoms with Gasteiger partial charge in [0.25, 0.3) is 0 Å². The molecule has 0 spiro atoms. The molecule has 16 heavy (non-hydrogen) atoms. The summed E-state index contributed by atoms with van der Waals surface area (Å²) in [6, 6.07) is 0. The minimum absolute atomic E-state index is 0.170. The molecule has 0 aliphatic rings. The zero-order valence-electron chi connectivity index (χ0n) is 11.2. The van der Waals surface area contributed by atoms with E-state index in [9.17, 15) is 8.42 Å². The van der Waals surface area contributed by atoms with Gasteiger partial charge in [0.1, 0.15) is 0 Å². The summed E-state index contributed by atoms with van der Waals surface area (Å²) in [4.78, 5) is 0. The molecule has 0 aromatic rings. The van der Waals surface area contributed by atoms with Gasteiger partial charge in [-0.3, -0.25) is 0 Å². The molecule has 0 rings (SSSR count). The summed E-state index contributed by atoms with van der Waals surface area (Å²) < 4.78 is 29.4. The van der Waals surface area contributed by atoms with Crippen LogP contribution in [-0.2, 0) is 14.6 Å². The predicted octanol–water partition coefficient (Wildman–Crippen LogP) is 2.65. The molecule has 0 aliphatic carbocycles. The van der Waals surface area contributed by atoms with Crippen molar-refractivity contribution in [1.82, 2.24) is 0 Å². The average molecular weight is 250 g/mol. The second-order valence-corrected chi connectivity index (χ2v) is 7.13. The van der Waals surface area contributed by atoms with Gasteiger partial charge in [-0.1, -0.05) is 27.7 Å². The summed E-state index contributed by atoms with van der Waals surface area (Å²) in [5.74, 6) is 0.422. The average Bonchev–Trinajstić information content (AvgIpc) is 2.17. The van der Waals surface area contributed by atoms with Crippen molar-refractivity contribution in [3.63, 3.8) is 0 Å². The molecular formula is C12H26O3S. The molecule has 0 unspecified atom stereocenters. The van der Waals surface area contributed by atoms with Crippen LogP contribution in [0.5, 0.6) is 0 Å². The first-order valence-electron chi connectivity index (χ1n) is 6.15. The lowest BCUT2D eigenvalue weighted by Crippen LogP contribution is -2.44. The Bertz CT molecular complexity index is 277. The standard InChI is InChI=1S/C12H26O3S/c1-6-12(7-2,10-15-8-3)16(13,14)9-11(4)5/h11H,6-10H2,1-5H3. The van der Waals surface area contributed by atoms with Crippen LogP contribution in [-0.4, -0.2) is 32.1 Å². The molecule has 4 heteroatoms. The van der Waals surface area contributed by atoms with Crippen LogP contribution < -0.4 is 0 Å². The molecule has 0 amide bonds. The van der Waals surface area contributed by atoms with Crippen LogP contribution in [0.15, 0.2) is 0 Å². The lowest BCUT2D eigenvalue weighted by atomic mass is 10.0. The largest absolute Gasteiger partial charge is 0.380 e. The fraction of sp³-hybridized carbons (Fsp3) is 1.00. The molecule has 0 aliphatic heterocycles. The first-order valence-corrected chi connectivity index (χ1v) is 7.80. The Morgan fingerprint density at radius 2 is 1.62 bits per heavy atom. The Balaban J connectivity index is 5.00. The predicted molar refractivity (Wildman–Crippen MR) is 68.4 cm³/mol. The van der Waals surface area contributed by atoms with Crippen molar-refractivity contribution in [2.45, 2.75) is 52.2 Å². The van der Waals surface area contributed by atoms with Crippen LogP contribution in [0.4, 0.5) is 0 Å². The van der Waals surface area contributed by atoms with E-state index in [2.05, 4.69) is 0 Å². The topological polar surface area (TPSA) is 43.4 Å². The minimum atomic E-state index is -3.08. The summed E-state index contributed by atoms with van der Waals surface area (Å²) in [6.45, 7) is 10.5. The SMILES string of the molecule is CCOCC(CC)(CC)S(=O)(=O)CC(C)C. The first-order chi connectivity index (χ1) is 7.35. The number of rotatable bonds is 8. The van der Waals surface area contributed by atoms with Crippen molar-refractivity contribution in [1.29, 1.82) is 0 Å². The van der Waals surface area contributed by atoms with Crippen molar-refractivity contribution in [3.05, 3.63) is 0 Å². The maximum absolute atomic E-state index is 12.4. The minimum Gasteiger partial charge on any atom is -0.380 e. The third-order valence-electron chi connectivity index (χ3n) is 3.07. The Kier molecular flexibility index (Phi) is 6.56. The number of sulfone groups is 1. The lowest BCUT2D eigenvalue weighted by Gasteiger charge is -2.31. The molecule has 0 fully saturated rings. The van der Waals surface area contributed by atoms with Gasteiger partial charge in [0.15, 0.2) is 9.84 Å². The summed E-state index contributed by atoms with van der Waals surface area (Å²) >= 11 is 0. The van der Waals surface area contributed by atoms with Crippen molar-refractivity contribution in [2.24, 2.45) is 5.92 Å². The molecule has 3 nitrogen and oxygen atoms in total. The highest BCUT2D eigenvalue weighted by Gasteiger charge is 2.40. The van der Waals surface area contributed by atoms with Crippen LogP contribution in [0.1, 0.15) is 47.5 Å². The van der Waals surface area contributed by atoms with E-state index in [1.807, 2.05) is 34.6 Å². The second-order valence-electron chi connectivity index (χ2n) is 4.70. The van der Waals surface area contributed by atoms with E-state index in [-0.39, 0.29) is 11.7 Å². The first kappa shape index (κ1) is 15.9. The molecule has 0 heterocycles. The molecule has 98 valence electrons. The van der Waals surface area contributed by atoms with Gasteiger partial charge in [-0.25, -0.2) is 8.42 Å². The number of hydrogen-bond donors (Lipinski definition) is 0. The smallest absolute Gasteiger partial charge is 0.158 e. The van der Waals surface area contributed by atoms with E-state index >= 15 is 0 Å². The van der Waals surface area contributed by atoms with Crippen molar-refractivity contribution >= 4 is 9.84 Å². The van der Waals surface area contributed by atoms with Gasteiger partial charge in [-0.05, 0) is 25.7 Å². The Labute approximate surface area is 100 Å². The van der Waals surface area contributed by atoms with Gasteiger partial charge in [-0.2, -0.15) is 0 Å². The molecule has 0 saturated heterocycles. The maximum Gasteiger partial charge on any atom is 0.158 e. The van der Waals surface area contributed by atoms with E-state index in [0.717, 1.165) is 0 Å². The zero-order valence-corrected chi connectivity index (χ0v) is 12.1. The van der Waals surface area contributed by atoms with Crippen LogP contribution >= 0.6 is 0 Å². The summed E-state index contributed by atoms with van der Waals surface area (Å²) in [7, 11) is -3.08. The van der Waals surface area contributed by atoms with E-state index in [1.54, 1.807) is 0 Å². The summed E-state index contributed by atoms with van der Waals surface area (Å²) in [6.07, 6.45) is 1.25. The normalized spacial score (nSPS) is 13.4. The van der Waals surface area contributed by atoms with Crippen molar-refractivity contribution < 1.29 is 13.2 Å². The van der Waals surface area contributed by atoms with E-state index in [0.29, 0.717) is 26.1 Å². The van der Waals surface area contributed by atoms with Crippen LogP contribution in [0.3, 0.4) is 0 Å².